The lowest BCUT2D eigenvalue weighted by atomic mass is 10.3. The number of amides is 2. The minimum atomic E-state index is -3.73. The number of nitrogens with zero attached hydrogens (tertiary/aromatic N) is 2. The molecular formula is C16H21N3O5S. The number of sulfonamides is 1. The van der Waals surface area contributed by atoms with E-state index in [2.05, 4.69) is 5.32 Å². The zero-order chi connectivity index (χ0) is 18.6. The second kappa shape index (κ2) is 7.77. The second-order valence-electron chi connectivity index (χ2n) is 5.29. The van der Waals surface area contributed by atoms with Crippen LogP contribution in [0.2, 0.25) is 0 Å². The Hall–Kier alpha value is -2.23. The van der Waals surface area contributed by atoms with Crippen molar-refractivity contribution in [1.82, 2.24) is 9.21 Å². The smallest absolute Gasteiger partial charge is 0.277 e. The van der Waals surface area contributed by atoms with E-state index in [1.54, 1.807) is 26.0 Å². The number of benzene rings is 1. The topological polar surface area (TPSA) is 107 Å². The minimum Gasteiger partial charge on any atom is -0.395 e. The average Bonchev–Trinajstić information content (AvgIpc) is 2.84. The van der Waals surface area contributed by atoms with Gasteiger partial charge in [-0.1, -0.05) is 26.0 Å². The molecule has 0 spiro atoms. The first kappa shape index (κ1) is 19.1. The standard InChI is InChI=1S/C16H21N3O5S/c1-3-18(4-2)25(23,24)14-8-6-5-7-12(14)17-13-11-15(21)19(9-10-20)16(13)22/h5-8,11,17,20H,3-4,9-10H2,1-2H3. The van der Waals surface area contributed by atoms with Gasteiger partial charge < -0.3 is 10.4 Å². The van der Waals surface area contributed by atoms with Gasteiger partial charge in [0.05, 0.1) is 18.8 Å². The highest BCUT2D eigenvalue weighted by Gasteiger charge is 2.32. The molecule has 9 heteroatoms. The van der Waals surface area contributed by atoms with Crippen LogP contribution < -0.4 is 5.32 Å². The summed E-state index contributed by atoms with van der Waals surface area (Å²) in [6, 6.07) is 6.21. The van der Waals surface area contributed by atoms with Crippen LogP contribution in [0.15, 0.2) is 40.9 Å². The zero-order valence-corrected chi connectivity index (χ0v) is 14.9. The molecule has 0 bridgehead atoms. The highest BCUT2D eigenvalue weighted by molar-refractivity contribution is 7.89. The summed E-state index contributed by atoms with van der Waals surface area (Å²) in [5.74, 6) is -1.15. The third kappa shape index (κ3) is 3.73. The maximum absolute atomic E-state index is 12.8. The van der Waals surface area contributed by atoms with Gasteiger partial charge in [-0.15, -0.1) is 0 Å². The molecule has 1 aromatic rings. The molecule has 0 unspecified atom stereocenters. The number of nitrogens with one attached hydrogen (secondary N) is 1. The number of aliphatic hydroxyl groups is 1. The fourth-order valence-corrected chi connectivity index (χ4v) is 4.16. The number of hydrogen-bond acceptors (Lipinski definition) is 6. The SMILES string of the molecule is CCN(CC)S(=O)(=O)c1ccccc1NC1=CC(=O)N(CCO)C1=O. The summed E-state index contributed by atoms with van der Waals surface area (Å²) in [4.78, 5) is 25.0. The van der Waals surface area contributed by atoms with Gasteiger partial charge in [0.25, 0.3) is 11.8 Å². The van der Waals surface area contributed by atoms with E-state index in [9.17, 15) is 18.0 Å². The van der Waals surface area contributed by atoms with Crippen molar-refractivity contribution in [1.29, 1.82) is 0 Å². The third-order valence-electron chi connectivity index (χ3n) is 3.81. The Morgan fingerprint density at radius 3 is 2.40 bits per heavy atom. The van der Waals surface area contributed by atoms with Crippen LogP contribution in [0.25, 0.3) is 0 Å². The van der Waals surface area contributed by atoms with Gasteiger partial charge in [0.1, 0.15) is 10.6 Å². The van der Waals surface area contributed by atoms with Gasteiger partial charge in [-0.3, -0.25) is 14.5 Å². The molecule has 2 amide bonds. The van der Waals surface area contributed by atoms with E-state index in [4.69, 9.17) is 5.11 Å². The van der Waals surface area contributed by atoms with Gasteiger partial charge in [0.2, 0.25) is 10.0 Å². The quantitative estimate of drug-likeness (QED) is 0.643. The Morgan fingerprint density at radius 2 is 1.80 bits per heavy atom. The van der Waals surface area contributed by atoms with E-state index in [1.165, 1.54) is 16.4 Å². The van der Waals surface area contributed by atoms with Crippen LogP contribution in [-0.2, 0) is 19.6 Å². The number of rotatable bonds is 8. The van der Waals surface area contributed by atoms with Crippen molar-refractivity contribution in [2.45, 2.75) is 18.7 Å². The lowest BCUT2D eigenvalue weighted by Gasteiger charge is -2.21. The molecule has 1 aromatic carbocycles. The van der Waals surface area contributed by atoms with Crippen LogP contribution in [0.1, 0.15) is 13.8 Å². The van der Waals surface area contributed by atoms with Crippen LogP contribution in [0.3, 0.4) is 0 Å². The van der Waals surface area contributed by atoms with Crippen molar-refractivity contribution in [3.63, 3.8) is 0 Å². The number of β-amino-alcohol motifs (C(OH)–C–C–N with tert-alkyl or cyclic N) is 1. The monoisotopic (exact) mass is 367 g/mol. The molecule has 25 heavy (non-hydrogen) atoms. The van der Waals surface area contributed by atoms with E-state index in [-0.39, 0.29) is 29.4 Å². The van der Waals surface area contributed by atoms with Crippen molar-refractivity contribution in [3.8, 4) is 0 Å². The normalized spacial score (nSPS) is 15.0. The number of carbonyl (C=O) groups excluding carboxylic acids is 2. The Bertz CT molecular complexity index is 800. The van der Waals surface area contributed by atoms with Crippen LogP contribution in [-0.4, -0.2) is 60.8 Å². The highest BCUT2D eigenvalue weighted by atomic mass is 32.2. The first-order valence-corrected chi connectivity index (χ1v) is 9.35. The summed E-state index contributed by atoms with van der Waals surface area (Å²) in [5.41, 5.74) is 0.188. The largest absolute Gasteiger partial charge is 0.395 e. The number of hydrogen-bond donors (Lipinski definition) is 2. The molecule has 0 saturated heterocycles. The highest BCUT2D eigenvalue weighted by Crippen LogP contribution is 2.27. The summed E-state index contributed by atoms with van der Waals surface area (Å²) in [6.07, 6.45) is 1.10. The molecule has 0 fully saturated rings. The zero-order valence-electron chi connectivity index (χ0n) is 14.1. The molecule has 1 aliphatic heterocycles. The van der Waals surface area contributed by atoms with Crippen LogP contribution in [0, 0.1) is 0 Å². The summed E-state index contributed by atoms with van der Waals surface area (Å²) < 4.78 is 26.9. The van der Waals surface area contributed by atoms with Crippen LogP contribution in [0.5, 0.6) is 0 Å². The molecule has 0 saturated carbocycles. The maximum atomic E-state index is 12.8. The molecule has 2 rings (SSSR count). The van der Waals surface area contributed by atoms with Gasteiger partial charge >= 0.3 is 0 Å². The molecule has 8 nitrogen and oxygen atoms in total. The Labute approximate surface area is 146 Å². The number of anilines is 1. The molecule has 1 aliphatic rings. The van der Waals surface area contributed by atoms with Gasteiger partial charge in [0, 0.05) is 19.2 Å². The third-order valence-corrected chi connectivity index (χ3v) is 5.92. The van der Waals surface area contributed by atoms with E-state index >= 15 is 0 Å². The Morgan fingerprint density at radius 1 is 1.16 bits per heavy atom. The van der Waals surface area contributed by atoms with Gasteiger partial charge in [-0.05, 0) is 12.1 Å². The number of aliphatic hydroxyl groups excluding tert-OH is 1. The predicted molar refractivity (Wildman–Crippen MR) is 92.1 cm³/mol. The molecule has 136 valence electrons. The van der Waals surface area contributed by atoms with Crippen molar-refractivity contribution in [2.75, 3.05) is 31.6 Å². The predicted octanol–water partition coefficient (Wildman–Crippen LogP) is 0.374. The molecule has 0 radical (unpaired) electrons. The van der Waals surface area contributed by atoms with Crippen molar-refractivity contribution < 1.29 is 23.1 Å². The Balaban J connectivity index is 2.36. The summed E-state index contributed by atoms with van der Waals surface area (Å²) >= 11 is 0. The van der Waals surface area contributed by atoms with Gasteiger partial charge in [0.15, 0.2) is 0 Å². The molecule has 0 aliphatic carbocycles. The first-order valence-electron chi connectivity index (χ1n) is 7.91. The molecule has 1 heterocycles. The second-order valence-corrected chi connectivity index (χ2v) is 7.19. The average molecular weight is 367 g/mol. The van der Waals surface area contributed by atoms with E-state index in [0.29, 0.717) is 13.1 Å². The van der Waals surface area contributed by atoms with Crippen LogP contribution >= 0.6 is 0 Å². The van der Waals surface area contributed by atoms with Crippen molar-refractivity contribution in [3.05, 3.63) is 36.0 Å². The van der Waals surface area contributed by atoms with Crippen molar-refractivity contribution in [2.24, 2.45) is 0 Å². The number of para-hydroxylation sites is 1. The lowest BCUT2D eigenvalue weighted by Crippen LogP contribution is -2.34. The van der Waals surface area contributed by atoms with Crippen LogP contribution in [0.4, 0.5) is 5.69 Å². The summed E-state index contributed by atoms with van der Waals surface area (Å²) in [7, 11) is -3.73. The Kier molecular flexibility index (Phi) is 5.93. The van der Waals surface area contributed by atoms with E-state index < -0.39 is 21.8 Å². The minimum absolute atomic E-state index is 0.0272. The maximum Gasteiger partial charge on any atom is 0.277 e. The summed E-state index contributed by atoms with van der Waals surface area (Å²) in [6.45, 7) is 3.66. The fourth-order valence-electron chi connectivity index (χ4n) is 2.55. The molecular weight excluding hydrogens is 346 g/mol. The molecule has 0 atom stereocenters. The first-order chi connectivity index (χ1) is 11.9. The molecule has 0 aromatic heterocycles. The number of carbonyl (C=O) groups is 2. The van der Waals surface area contributed by atoms with Gasteiger partial charge in [-0.2, -0.15) is 4.31 Å². The van der Waals surface area contributed by atoms with Gasteiger partial charge in [-0.25, -0.2) is 8.42 Å². The summed E-state index contributed by atoms with van der Waals surface area (Å²) in [5, 5.41) is 11.7. The number of imide groups is 1. The van der Waals surface area contributed by atoms with E-state index in [0.717, 1.165) is 11.0 Å². The lowest BCUT2D eigenvalue weighted by molar-refractivity contribution is -0.137. The van der Waals surface area contributed by atoms with Crippen molar-refractivity contribution >= 4 is 27.5 Å². The molecule has 2 N–H and O–H groups in total. The fraction of sp³-hybridized carbons (Fsp3) is 0.375. The van der Waals surface area contributed by atoms with E-state index in [1.807, 2.05) is 0 Å².